The van der Waals surface area contributed by atoms with Gasteiger partial charge in [0.2, 0.25) is 11.8 Å². The van der Waals surface area contributed by atoms with Gasteiger partial charge in [0, 0.05) is 30.5 Å². The van der Waals surface area contributed by atoms with Gasteiger partial charge in [-0.3, -0.25) is 14.4 Å². The minimum absolute atomic E-state index is 0.0233. The zero-order valence-electron chi connectivity index (χ0n) is 13.3. The predicted molar refractivity (Wildman–Crippen MR) is 78.6 cm³/mol. The van der Waals surface area contributed by atoms with E-state index in [0.717, 1.165) is 0 Å². The summed E-state index contributed by atoms with van der Waals surface area (Å²) >= 11 is 0. The number of rotatable bonds is 5. The van der Waals surface area contributed by atoms with Crippen molar-refractivity contribution in [1.29, 1.82) is 0 Å². The Kier molecular flexibility index (Phi) is 5.75. The number of amides is 2. The van der Waals surface area contributed by atoms with Crippen molar-refractivity contribution in [2.45, 2.75) is 52.5 Å². The molecule has 0 aromatic carbocycles. The van der Waals surface area contributed by atoms with Gasteiger partial charge in [0.1, 0.15) is 0 Å². The van der Waals surface area contributed by atoms with Gasteiger partial charge >= 0.3 is 5.97 Å². The van der Waals surface area contributed by atoms with Crippen LogP contribution in [0.5, 0.6) is 0 Å². The number of likely N-dealkylation sites (tertiary alicyclic amines) is 1. The van der Waals surface area contributed by atoms with E-state index in [4.69, 9.17) is 5.11 Å². The molecule has 120 valence electrons. The van der Waals surface area contributed by atoms with Crippen molar-refractivity contribution < 1.29 is 19.5 Å². The highest BCUT2D eigenvalue weighted by atomic mass is 16.4. The first-order valence-electron chi connectivity index (χ1n) is 7.45. The van der Waals surface area contributed by atoms with Crippen molar-refractivity contribution in [1.82, 2.24) is 10.2 Å². The Morgan fingerprint density at radius 2 is 1.76 bits per heavy atom. The van der Waals surface area contributed by atoms with Crippen LogP contribution < -0.4 is 5.32 Å². The van der Waals surface area contributed by atoms with Crippen LogP contribution in [-0.4, -0.2) is 46.4 Å². The first-order chi connectivity index (χ1) is 9.62. The molecule has 1 heterocycles. The quantitative estimate of drug-likeness (QED) is 0.799. The SMILES string of the molecule is CC(C)C(=O)N1CCC(C(=O)NC(C)(C)CC(=O)O)CC1. The van der Waals surface area contributed by atoms with E-state index in [0.29, 0.717) is 25.9 Å². The van der Waals surface area contributed by atoms with Gasteiger partial charge in [0.05, 0.1) is 6.42 Å². The molecule has 0 unspecified atom stereocenters. The van der Waals surface area contributed by atoms with Crippen LogP contribution in [0.1, 0.15) is 47.0 Å². The van der Waals surface area contributed by atoms with Crippen molar-refractivity contribution in [2.75, 3.05) is 13.1 Å². The van der Waals surface area contributed by atoms with Crippen LogP contribution in [0.4, 0.5) is 0 Å². The monoisotopic (exact) mass is 298 g/mol. The van der Waals surface area contributed by atoms with E-state index < -0.39 is 11.5 Å². The molecule has 0 aromatic rings. The van der Waals surface area contributed by atoms with E-state index in [-0.39, 0.29) is 30.1 Å². The topological polar surface area (TPSA) is 86.7 Å². The van der Waals surface area contributed by atoms with Gasteiger partial charge in [-0.1, -0.05) is 13.8 Å². The molecule has 0 aliphatic carbocycles. The smallest absolute Gasteiger partial charge is 0.305 e. The van der Waals surface area contributed by atoms with Crippen LogP contribution in [0.3, 0.4) is 0 Å². The molecule has 0 bridgehead atoms. The molecule has 1 aliphatic heterocycles. The molecule has 2 amide bonds. The predicted octanol–water partition coefficient (Wildman–Crippen LogP) is 1.25. The fourth-order valence-corrected chi connectivity index (χ4v) is 2.59. The first kappa shape index (κ1) is 17.5. The molecule has 1 rings (SSSR count). The van der Waals surface area contributed by atoms with Crippen LogP contribution in [0.25, 0.3) is 0 Å². The average Bonchev–Trinajstić information content (AvgIpc) is 2.35. The number of aliphatic carboxylic acids is 1. The maximum absolute atomic E-state index is 12.2. The molecule has 0 radical (unpaired) electrons. The lowest BCUT2D eigenvalue weighted by Crippen LogP contribution is -2.50. The molecule has 2 N–H and O–H groups in total. The van der Waals surface area contributed by atoms with Gasteiger partial charge < -0.3 is 15.3 Å². The number of carbonyl (C=O) groups is 3. The second-order valence-electron chi connectivity index (χ2n) is 6.70. The summed E-state index contributed by atoms with van der Waals surface area (Å²) in [5.74, 6) is -1.09. The summed E-state index contributed by atoms with van der Waals surface area (Å²) in [5.41, 5.74) is -0.756. The molecule has 0 saturated carbocycles. The molecular weight excluding hydrogens is 272 g/mol. The standard InChI is InChI=1S/C15H26N2O4/c1-10(2)14(21)17-7-5-11(6-8-17)13(20)16-15(3,4)9-12(18)19/h10-11H,5-9H2,1-4H3,(H,16,20)(H,18,19). The highest BCUT2D eigenvalue weighted by Crippen LogP contribution is 2.20. The summed E-state index contributed by atoms with van der Waals surface area (Å²) < 4.78 is 0. The maximum atomic E-state index is 12.2. The summed E-state index contributed by atoms with van der Waals surface area (Å²) in [6.07, 6.45) is 1.16. The lowest BCUT2D eigenvalue weighted by atomic mass is 9.92. The van der Waals surface area contributed by atoms with Gasteiger partial charge in [0.15, 0.2) is 0 Å². The number of carbonyl (C=O) groups excluding carboxylic acids is 2. The average molecular weight is 298 g/mol. The first-order valence-corrected chi connectivity index (χ1v) is 7.45. The Balaban J connectivity index is 2.49. The zero-order chi connectivity index (χ0) is 16.2. The molecular formula is C15H26N2O4. The third kappa shape index (κ3) is 5.36. The Bertz CT molecular complexity index is 410. The molecule has 21 heavy (non-hydrogen) atoms. The Morgan fingerprint density at radius 3 is 2.19 bits per heavy atom. The third-order valence-electron chi connectivity index (χ3n) is 3.73. The van der Waals surface area contributed by atoms with Gasteiger partial charge in [-0.15, -0.1) is 0 Å². The minimum atomic E-state index is -0.933. The summed E-state index contributed by atoms with van der Waals surface area (Å²) in [4.78, 5) is 36.6. The molecule has 1 fully saturated rings. The number of carboxylic acid groups (broad SMARTS) is 1. The fraction of sp³-hybridized carbons (Fsp3) is 0.800. The highest BCUT2D eigenvalue weighted by Gasteiger charge is 2.31. The van der Waals surface area contributed by atoms with Gasteiger partial charge in [-0.2, -0.15) is 0 Å². The second kappa shape index (κ2) is 6.91. The second-order valence-corrected chi connectivity index (χ2v) is 6.70. The van der Waals surface area contributed by atoms with Crippen LogP contribution in [0.2, 0.25) is 0 Å². The Morgan fingerprint density at radius 1 is 1.24 bits per heavy atom. The lowest BCUT2D eigenvalue weighted by Gasteiger charge is -2.34. The highest BCUT2D eigenvalue weighted by molar-refractivity contribution is 5.81. The number of hydrogen-bond acceptors (Lipinski definition) is 3. The number of carboxylic acids is 1. The van der Waals surface area contributed by atoms with Gasteiger partial charge in [0.25, 0.3) is 0 Å². The van der Waals surface area contributed by atoms with Gasteiger partial charge in [-0.25, -0.2) is 0 Å². The molecule has 0 aromatic heterocycles. The van der Waals surface area contributed by atoms with E-state index in [2.05, 4.69) is 5.32 Å². The van der Waals surface area contributed by atoms with E-state index in [1.165, 1.54) is 0 Å². The number of piperidine rings is 1. The normalized spacial score (nSPS) is 16.9. The number of hydrogen-bond donors (Lipinski definition) is 2. The molecule has 6 heteroatoms. The molecule has 0 spiro atoms. The van der Waals surface area contributed by atoms with Crippen LogP contribution >= 0.6 is 0 Å². The minimum Gasteiger partial charge on any atom is -0.481 e. The number of nitrogens with one attached hydrogen (secondary N) is 1. The van der Waals surface area contributed by atoms with Crippen molar-refractivity contribution in [3.05, 3.63) is 0 Å². The third-order valence-corrected chi connectivity index (χ3v) is 3.73. The van der Waals surface area contributed by atoms with Crippen LogP contribution in [0.15, 0.2) is 0 Å². The maximum Gasteiger partial charge on any atom is 0.305 e. The molecule has 0 atom stereocenters. The largest absolute Gasteiger partial charge is 0.481 e. The van der Waals surface area contributed by atoms with Crippen LogP contribution in [0, 0.1) is 11.8 Å². The van der Waals surface area contributed by atoms with E-state index in [1.807, 2.05) is 13.8 Å². The zero-order valence-corrected chi connectivity index (χ0v) is 13.3. The summed E-state index contributed by atoms with van der Waals surface area (Å²) in [5, 5.41) is 11.6. The van der Waals surface area contributed by atoms with E-state index in [9.17, 15) is 14.4 Å². The summed E-state index contributed by atoms with van der Waals surface area (Å²) in [7, 11) is 0. The number of nitrogens with zero attached hydrogens (tertiary/aromatic N) is 1. The van der Waals surface area contributed by atoms with Gasteiger partial charge in [-0.05, 0) is 26.7 Å². The van der Waals surface area contributed by atoms with Crippen molar-refractivity contribution in [2.24, 2.45) is 11.8 Å². The van der Waals surface area contributed by atoms with Crippen molar-refractivity contribution in [3.63, 3.8) is 0 Å². The van der Waals surface area contributed by atoms with E-state index >= 15 is 0 Å². The van der Waals surface area contributed by atoms with E-state index in [1.54, 1.807) is 18.7 Å². The van der Waals surface area contributed by atoms with Crippen molar-refractivity contribution in [3.8, 4) is 0 Å². The van der Waals surface area contributed by atoms with Crippen molar-refractivity contribution >= 4 is 17.8 Å². The molecule has 6 nitrogen and oxygen atoms in total. The molecule has 1 aliphatic rings. The summed E-state index contributed by atoms with van der Waals surface area (Å²) in [6, 6.07) is 0. The Hall–Kier alpha value is -1.59. The summed E-state index contributed by atoms with van der Waals surface area (Å²) in [6.45, 7) is 8.33. The fourth-order valence-electron chi connectivity index (χ4n) is 2.59. The van der Waals surface area contributed by atoms with Crippen LogP contribution in [-0.2, 0) is 14.4 Å². The molecule has 1 saturated heterocycles. The Labute approximate surface area is 125 Å². The lowest BCUT2D eigenvalue weighted by molar-refractivity contribution is -0.140.